The van der Waals surface area contributed by atoms with Gasteiger partial charge in [-0.2, -0.15) is 0 Å². The van der Waals surface area contributed by atoms with E-state index in [1.165, 1.54) is 18.2 Å². The lowest BCUT2D eigenvalue weighted by Crippen LogP contribution is -2.39. The molecule has 2 aromatic rings. The minimum absolute atomic E-state index is 0.0118. The van der Waals surface area contributed by atoms with Crippen LogP contribution >= 0.6 is 0 Å². The van der Waals surface area contributed by atoms with Crippen LogP contribution in [0.4, 0.5) is 4.79 Å². The number of hydrogen-bond donors (Lipinski definition) is 1. The standard InChI is InChI=1S/C18H21NO2/c1-3-16(19-18(20)21-2)17(14-10-6-4-7-11-14)15-12-8-5-9-13-15/h4-13,16-17H,3H2,1-2H3,(H,19,20). The largest absolute Gasteiger partial charge is 0.453 e. The maximum Gasteiger partial charge on any atom is 0.407 e. The molecule has 21 heavy (non-hydrogen) atoms. The van der Waals surface area contributed by atoms with Crippen LogP contribution in [0.5, 0.6) is 0 Å². The Kier molecular flexibility index (Phi) is 5.38. The van der Waals surface area contributed by atoms with E-state index in [-0.39, 0.29) is 12.0 Å². The summed E-state index contributed by atoms with van der Waals surface area (Å²) in [5.41, 5.74) is 2.37. The molecule has 3 nitrogen and oxygen atoms in total. The van der Waals surface area contributed by atoms with Gasteiger partial charge in [-0.1, -0.05) is 67.6 Å². The molecule has 0 heterocycles. The molecule has 0 bridgehead atoms. The molecule has 0 fully saturated rings. The van der Waals surface area contributed by atoms with Crippen LogP contribution in [0, 0.1) is 0 Å². The first-order valence-corrected chi connectivity index (χ1v) is 7.20. The Bertz CT molecular complexity index is 514. The number of ether oxygens (including phenoxy) is 1. The van der Waals surface area contributed by atoms with Gasteiger partial charge >= 0.3 is 6.09 Å². The van der Waals surface area contributed by atoms with Gasteiger partial charge in [0.1, 0.15) is 0 Å². The maximum absolute atomic E-state index is 11.6. The Morgan fingerprint density at radius 3 is 1.86 bits per heavy atom. The van der Waals surface area contributed by atoms with Crippen molar-refractivity contribution in [2.24, 2.45) is 0 Å². The number of carbonyl (C=O) groups excluding carboxylic acids is 1. The molecule has 0 aliphatic rings. The summed E-state index contributed by atoms with van der Waals surface area (Å²) in [4.78, 5) is 11.6. The first kappa shape index (κ1) is 15.1. The van der Waals surface area contributed by atoms with Gasteiger partial charge in [0.25, 0.3) is 0 Å². The van der Waals surface area contributed by atoms with Crippen molar-refractivity contribution in [3.05, 3.63) is 71.8 Å². The summed E-state index contributed by atoms with van der Waals surface area (Å²) in [7, 11) is 1.39. The molecule has 0 spiro atoms. The van der Waals surface area contributed by atoms with Gasteiger partial charge in [0, 0.05) is 12.0 Å². The zero-order valence-corrected chi connectivity index (χ0v) is 12.5. The van der Waals surface area contributed by atoms with Crippen molar-refractivity contribution < 1.29 is 9.53 Å². The van der Waals surface area contributed by atoms with E-state index < -0.39 is 6.09 Å². The highest BCUT2D eigenvalue weighted by molar-refractivity contribution is 5.67. The normalized spacial score (nSPS) is 12.0. The average Bonchev–Trinajstić information content (AvgIpc) is 2.56. The lowest BCUT2D eigenvalue weighted by atomic mass is 9.84. The van der Waals surface area contributed by atoms with E-state index in [0.29, 0.717) is 0 Å². The Morgan fingerprint density at radius 1 is 1.00 bits per heavy atom. The second-order valence-corrected chi connectivity index (χ2v) is 4.95. The van der Waals surface area contributed by atoms with Crippen molar-refractivity contribution >= 4 is 6.09 Å². The Balaban J connectivity index is 2.38. The van der Waals surface area contributed by atoms with E-state index in [9.17, 15) is 4.79 Å². The smallest absolute Gasteiger partial charge is 0.407 e. The van der Waals surface area contributed by atoms with E-state index in [1.807, 2.05) is 36.4 Å². The summed E-state index contributed by atoms with van der Waals surface area (Å²) in [6, 6.07) is 20.5. The molecule has 1 atom stereocenters. The molecule has 0 aliphatic carbocycles. The second-order valence-electron chi connectivity index (χ2n) is 4.95. The topological polar surface area (TPSA) is 38.3 Å². The monoisotopic (exact) mass is 283 g/mol. The molecule has 2 aromatic carbocycles. The second kappa shape index (κ2) is 7.48. The highest BCUT2D eigenvalue weighted by Gasteiger charge is 2.25. The minimum atomic E-state index is -0.390. The zero-order valence-electron chi connectivity index (χ0n) is 12.5. The molecule has 0 saturated carbocycles. The third kappa shape index (κ3) is 3.85. The molecule has 1 amide bonds. The number of alkyl carbamates (subject to hydrolysis) is 1. The van der Waals surface area contributed by atoms with Gasteiger partial charge in [0.15, 0.2) is 0 Å². The first-order valence-electron chi connectivity index (χ1n) is 7.20. The van der Waals surface area contributed by atoms with Crippen molar-refractivity contribution in [2.75, 3.05) is 7.11 Å². The number of hydrogen-bond acceptors (Lipinski definition) is 2. The van der Waals surface area contributed by atoms with Crippen molar-refractivity contribution in [1.29, 1.82) is 0 Å². The summed E-state index contributed by atoms with van der Waals surface area (Å²) in [6.07, 6.45) is 0.433. The predicted octanol–water partition coefficient (Wildman–Crippen LogP) is 3.95. The van der Waals surface area contributed by atoms with Gasteiger partial charge in [-0.3, -0.25) is 0 Å². The third-order valence-corrected chi connectivity index (χ3v) is 3.65. The zero-order chi connectivity index (χ0) is 15.1. The summed E-state index contributed by atoms with van der Waals surface area (Å²) in [5.74, 6) is 0.108. The van der Waals surface area contributed by atoms with Crippen LogP contribution in [0.1, 0.15) is 30.4 Å². The Hall–Kier alpha value is -2.29. The number of methoxy groups -OCH3 is 1. The molecular weight excluding hydrogens is 262 g/mol. The summed E-state index contributed by atoms with van der Waals surface area (Å²) in [5, 5.41) is 2.95. The van der Waals surface area contributed by atoms with Gasteiger partial charge in [-0.05, 0) is 17.5 Å². The Morgan fingerprint density at radius 2 is 1.48 bits per heavy atom. The molecule has 3 heteroatoms. The number of carbonyl (C=O) groups is 1. The number of amides is 1. The molecule has 2 rings (SSSR count). The molecule has 0 radical (unpaired) electrons. The van der Waals surface area contributed by atoms with Gasteiger partial charge < -0.3 is 10.1 Å². The lowest BCUT2D eigenvalue weighted by molar-refractivity contribution is 0.165. The fourth-order valence-electron chi connectivity index (χ4n) is 2.61. The quantitative estimate of drug-likeness (QED) is 0.902. The molecule has 110 valence electrons. The van der Waals surface area contributed by atoms with Crippen LogP contribution in [-0.4, -0.2) is 19.2 Å². The van der Waals surface area contributed by atoms with Crippen molar-refractivity contribution in [3.8, 4) is 0 Å². The number of benzene rings is 2. The number of nitrogens with one attached hydrogen (secondary N) is 1. The van der Waals surface area contributed by atoms with E-state index in [0.717, 1.165) is 6.42 Å². The SMILES string of the molecule is CCC(NC(=O)OC)C(c1ccccc1)c1ccccc1. The van der Waals surface area contributed by atoms with Crippen LogP contribution in [0.25, 0.3) is 0 Å². The first-order chi connectivity index (χ1) is 10.3. The fraction of sp³-hybridized carbons (Fsp3) is 0.278. The average molecular weight is 283 g/mol. The van der Waals surface area contributed by atoms with Gasteiger partial charge in [0.05, 0.1) is 7.11 Å². The summed E-state index contributed by atoms with van der Waals surface area (Å²) < 4.78 is 4.75. The van der Waals surface area contributed by atoms with E-state index in [4.69, 9.17) is 4.74 Å². The van der Waals surface area contributed by atoms with E-state index in [2.05, 4.69) is 36.5 Å². The van der Waals surface area contributed by atoms with Crippen molar-refractivity contribution in [3.63, 3.8) is 0 Å². The minimum Gasteiger partial charge on any atom is -0.453 e. The molecule has 0 aliphatic heterocycles. The Labute approximate surface area is 126 Å². The summed E-state index contributed by atoms with van der Waals surface area (Å²) >= 11 is 0. The van der Waals surface area contributed by atoms with Gasteiger partial charge in [-0.25, -0.2) is 4.79 Å². The molecular formula is C18H21NO2. The third-order valence-electron chi connectivity index (χ3n) is 3.65. The highest BCUT2D eigenvalue weighted by Crippen LogP contribution is 2.29. The fourth-order valence-corrected chi connectivity index (χ4v) is 2.61. The number of rotatable bonds is 5. The van der Waals surface area contributed by atoms with E-state index in [1.54, 1.807) is 0 Å². The molecule has 1 N–H and O–H groups in total. The maximum atomic E-state index is 11.6. The lowest BCUT2D eigenvalue weighted by Gasteiger charge is -2.27. The van der Waals surface area contributed by atoms with Crippen molar-refractivity contribution in [2.45, 2.75) is 25.3 Å². The predicted molar refractivity (Wildman–Crippen MR) is 84.3 cm³/mol. The van der Waals surface area contributed by atoms with Crippen molar-refractivity contribution in [1.82, 2.24) is 5.32 Å². The van der Waals surface area contributed by atoms with Gasteiger partial charge in [-0.15, -0.1) is 0 Å². The van der Waals surface area contributed by atoms with Crippen LogP contribution in [0.15, 0.2) is 60.7 Å². The van der Waals surface area contributed by atoms with Crippen LogP contribution in [0.3, 0.4) is 0 Å². The molecule has 0 aromatic heterocycles. The van der Waals surface area contributed by atoms with Crippen LogP contribution < -0.4 is 5.32 Å². The highest BCUT2D eigenvalue weighted by atomic mass is 16.5. The molecule has 1 unspecified atom stereocenters. The molecule has 0 saturated heterocycles. The van der Waals surface area contributed by atoms with Crippen LogP contribution in [-0.2, 0) is 4.74 Å². The van der Waals surface area contributed by atoms with Gasteiger partial charge in [0.2, 0.25) is 0 Å². The summed E-state index contributed by atoms with van der Waals surface area (Å²) in [6.45, 7) is 2.07. The van der Waals surface area contributed by atoms with E-state index >= 15 is 0 Å². The van der Waals surface area contributed by atoms with Crippen LogP contribution in [0.2, 0.25) is 0 Å².